The van der Waals surface area contributed by atoms with Crippen LogP contribution < -0.4 is 5.69 Å². The van der Waals surface area contributed by atoms with Crippen LogP contribution in [0.3, 0.4) is 0 Å². The maximum Gasteiger partial charge on any atom is 0.326 e. The van der Waals surface area contributed by atoms with Gasteiger partial charge in [0.2, 0.25) is 0 Å². The predicted octanol–water partition coefficient (Wildman–Crippen LogP) is 3.49. The molecule has 1 fully saturated rings. The van der Waals surface area contributed by atoms with E-state index in [-0.39, 0.29) is 17.6 Å². The van der Waals surface area contributed by atoms with Gasteiger partial charge in [-0.25, -0.2) is 4.79 Å². The van der Waals surface area contributed by atoms with Gasteiger partial charge in [-0.15, -0.1) is 11.3 Å². The number of nitrogens with one attached hydrogen (secondary N) is 1. The molecule has 130 valence electrons. The smallest absolute Gasteiger partial charge is 0.326 e. The molecule has 6 heteroatoms. The highest BCUT2D eigenvalue weighted by Crippen LogP contribution is 2.27. The van der Waals surface area contributed by atoms with Gasteiger partial charge in [0.05, 0.1) is 16.6 Å². The van der Waals surface area contributed by atoms with Gasteiger partial charge in [0.1, 0.15) is 0 Å². The molecule has 0 spiro atoms. The van der Waals surface area contributed by atoms with Crippen molar-refractivity contribution < 1.29 is 4.79 Å². The normalized spacial score (nSPS) is 15.8. The fourth-order valence-electron chi connectivity index (χ4n) is 3.78. The number of fused-ring (bicyclic) bond motifs is 1. The Hall–Kier alpha value is -2.34. The first-order chi connectivity index (χ1) is 12.0. The number of aromatic nitrogens is 2. The number of aryl methyl sites for hydroxylation is 2. The van der Waals surface area contributed by atoms with E-state index < -0.39 is 0 Å². The summed E-state index contributed by atoms with van der Waals surface area (Å²) < 4.78 is 1.86. The van der Waals surface area contributed by atoms with Crippen LogP contribution in [0, 0.1) is 13.8 Å². The highest BCUT2D eigenvalue weighted by Gasteiger charge is 2.27. The van der Waals surface area contributed by atoms with Gasteiger partial charge >= 0.3 is 5.69 Å². The summed E-state index contributed by atoms with van der Waals surface area (Å²) in [6.45, 7) is 5.40. The molecule has 0 atom stereocenters. The van der Waals surface area contributed by atoms with Crippen LogP contribution in [-0.2, 0) is 0 Å². The standard InChI is InChI=1S/C19H21N3O2S/c1-12-11-15(13(2)25-12)18(23)21-9-7-14(8-10-21)22-17-6-4-3-5-16(17)20-19(22)24/h3-6,11,14H,7-10H2,1-2H3,(H,20,24). The molecule has 25 heavy (non-hydrogen) atoms. The molecule has 1 N–H and O–H groups in total. The zero-order chi connectivity index (χ0) is 17.6. The number of H-pyrrole nitrogens is 1. The predicted molar refractivity (Wildman–Crippen MR) is 101 cm³/mol. The molecule has 1 aromatic carbocycles. The fraction of sp³-hybridized carbons (Fsp3) is 0.368. The Labute approximate surface area is 149 Å². The molecule has 0 aliphatic carbocycles. The second-order valence-corrected chi connectivity index (χ2v) is 8.13. The lowest BCUT2D eigenvalue weighted by atomic mass is 10.0. The number of hydrogen-bond donors (Lipinski definition) is 1. The monoisotopic (exact) mass is 355 g/mol. The number of benzene rings is 1. The number of imidazole rings is 1. The minimum atomic E-state index is -0.0599. The van der Waals surface area contributed by atoms with Crippen LogP contribution >= 0.6 is 11.3 Å². The van der Waals surface area contributed by atoms with Crippen molar-refractivity contribution in [3.05, 3.63) is 56.1 Å². The molecule has 0 bridgehead atoms. The lowest BCUT2D eigenvalue weighted by molar-refractivity contribution is 0.0695. The number of likely N-dealkylation sites (tertiary alicyclic amines) is 1. The zero-order valence-electron chi connectivity index (χ0n) is 14.4. The fourth-order valence-corrected chi connectivity index (χ4v) is 4.69. The SMILES string of the molecule is Cc1cc(C(=O)N2CCC(n3c(=O)[nH]c4ccccc43)CC2)c(C)s1. The average Bonchev–Trinajstić information content (AvgIpc) is 3.12. The maximum atomic E-state index is 12.8. The van der Waals surface area contributed by atoms with Crippen LogP contribution in [0.4, 0.5) is 0 Å². The number of amides is 1. The van der Waals surface area contributed by atoms with E-state index >= 15 is 0 Å². The van der Waals surface area contributed by atoms with Crippen molar-refractivity contribution in [3.63, 3.8) is 0 Å². The Bertz CT molecular complexity index is 990. The molecule has 0 saturated carbocycles. The van der Waals surface area contributed by atoms with E-state index in [1.807, 2.05) is 53.6 Å². The first kappa shape index (κ1) is 16.1. The van der Waals surface area contributed by atoms with Crippen LogP contribution in [0.25, 0.3) is 11.0 Å². The van der Waals surface area contributed by atoms with E-state index in [0.717, 1.165) is 34.3 Å². The average molecular weight is 355 g/mol. The van der Waals surface area contributed by atoms with Crippen molar-refractivity contribution in [2.45, 2.75) is 32.7 Å². The van der Waals surface area contributed by atoms with Gasteiger partial charge in [0, 0.05) is 28.9 Å². The van der Waals surface area contributed by atoms with Crippen LogP contribution in [0.1, 0.15) is 39.0 Å². The van der Waals surface area contributed by atoms with E-state index in [4.69, 9.17) is 0 Å². The third-order valence-corrected chi connectivity index (χ3v) is 5.98. The van der Waals surface area contributed by atoms with Crippen molar-refractivity contribution >= 4 is 28.3 Å². The van der Waals surface area contributed by atoms with E-state index in [2.05, 4.69) is 4.98 Å². The van der Waals surface area contributed by atoms with Crippen molar-refractivity contribution in [3.8, 4) is 0 Å². The number of carbonyl (C=O) groups excluding carboxylic acids is 1. The van der Waals surface area contributed by atoms with Crippen LogP contribution in [-0.4, -0.2) is 33.4 Å². The summed E-state index contributed by atoms with van der Waals surface area (Å²) in [5, 5.41) is 0. The Balaban J connectivity index is 1.53. The molecule has 4 rings (SSSR count). The molecule has 1 aliphatic heterocycles. The minimum absolute atomic E-state index is 0.0599. The van der Waals surface area contributed by atoms with E-state index in [1.54, 1.807) is 11.3 Å². The summed E-state index contributed by atoms with van der Waals surface area (Å²) >= 11 is 1.67. The van der Waals surface area contributed by atoms with E-state index in [0.29, 0.717) is 13.1 Å². The van der Waals surface area contributed by atoms with Gasteiger partial charge in [-0.1, -0.05) is 12.1 Å². The molecule has 0 unspecified atom stereocenters. The Morgan fingerprint density at radius 1 is 1.20 bits per heavy atom. The molecular weight excluding hydrogens is 334 g/mol. The lowest BCUT2D eigenvalue weighted by Crippen LogP contribution is -2.40. The third kappa shape index (κ3) is 2.80. The number of para-hydroxylation sites is 2. The van der Waals surface area contributed by atoms with Crippen molar-refractivity contribution in [1.29, 1.82) is 0 Å². The molecule has 2 aromatic heterocycles. The zero-order valence-corrected chi connectivity index (χ0v) is 15.2. The van der Waals surface area contributed by atoms with Gasteiger partial charge in [-0.2, -0.15) is 0 Å². The van der Waals surface area contributed by atoms with Crippen molar-refractivity contribution in [2.75, 3.05) is 13.1 Å². The van der Waals surface area contributed by atoms with Gasteiger partial charge in [-0.3, -0.25) is 9.36 Å². The van der Waals surface area contributed by atoms with Crippen LogP contribution in [0.15, 0.2) is 35.1 Å². The summed E-state index contributed by atoms with van der Waals surface area (Å²) in [5.74, 6) is 0.117. The Kier molecular flexibility index (Phi) is 4.00. The number of rotatable bonds is 2. The molecule has 1 aliphatic rings. The molecular formula is C19H21N3O2S. The van der Waals surface area contributed by atoms with Gasteiger partial charge in [0.15, 0.2) is 0 Å². The highest BCUT2D eigenvalue weighted by molar-refractivity contribution is 7.12. The Morgan fingerprint density at radius 3 is 2.60 bits per heavy atom. The largest absolute Gasteiger partial charge is 0.338 e. The quantitative estimate of drug-likeness (QED) is 0.765. The molecule has 3 aromatic rings. The summed E-state index contributed by atoms with van der Waals surface area (Å²) in [5.41, 5.74) is 2.58. The van der Waals surface area contributed by atoms with Gasteiger partial charge in [-0.05, 0) is 44.9 Å². The molecule has 3 heterocycles. The summed E-state index contributed by atoms with van der Waals surface area (Å²) in [6.07, 6.45) is 1.60. The molecule has 5 nitrogen and oxygen atoms in total. The second-order valence-electron chi connectivity index (χ2n) is 6.67. The summed E-state index contributed by atoms with van der Waals surface area (Å²) in [4.78, 5) is 32.2. The van der Waals surface area contributed by atoms with Gasteiger partial charge in [0.25, 0.3) is 5.91 Å². The van der Waals surface area contributed by atoms with Gasteiger partial charge < -0.3 is 9.88 Å². The first-order valence-electron chi connectivity index (χ1n) is 8.60. The maximum absolute atomic E-state index is 12.8. The minimum Gasteiger partial charge on any atom is -0.338 e. The highest BCUT2D eigenvalue weighted by atomic mass is 32.1. The second kappa shape index (κ2) is 6.19. The van der Waals surface area contributed by atoms with Crippen molar-refractivity contribution in [1.82, 2.24) is 14.5 Å². The number of nitrogens with zero attached hydrogens (tertiary/aromatic N) is 2. The molecule has 0 radical (unpaired) electrons. The number of thiophene rings is 1. The molecule has 1 amide bonds. The topological polar surface area (TPSA) is 58.1 Å². The lowest BCUT2D eigenvalue weighted by Gasteiger charge is -2.32. The number of aromatic amines is 1. The van der Waals surface area contributed by atoms with Crippen molar-refractivity contribution in [2.24, 2.45) is 0 Å². The van der Waals surface area contributed by atoms with E-state index in [9.17, 15) is 9.59 Å². The first-order valence-corrected chi connectivity index (χ1v) is 9.42. The van der Waals surface area contributed by atoms with Crippen LogP contribution in [0.5, 0.6) is 0 Å². The number of piperidine rings is 1. The number of hydrogen-bond acceptors (Lipinski definition) is 3. The third-order valence-electron chi connectivity index (χ3n) is 5.01. The number of carbonyl (C=O) groups is 1. The summed E-state index contributed by atoms with van der Waals surface area (Å²) in [6, 6.07) is 9.90. The molecule has 1 saturated heterocycles. The summed E-state index contributed by atoms with van der Waals surface area (Å²) in [7, 11) is 0. The Morgan fingerprint density at radius 2 is 1.92 bits per heavy atom. The van der Waals surface area contributed by atoms with E-state index in [1.165, 1.54) is 4.88 Å². The van der Waals surface area contributed by atoms with Crippen LogP contribution in [0.2, 0.25) is 0 Å².